The number of hydrogen-bond acceptors (Lipinski definition) is 7. The molecule has 0 N–H and O–H groups in total. The van der Waals surface area contributed by atoms with Gasteiger partial charge in [-0.05, 0) is 56.6 Å². The van der Waals surface area contributed by atoms with Gasteiger partial charge in [0.15, 0.2) is 0 Å². The molecule has 1 rings (SSSR count). The van der Waals surface area contributed by atoms with Crippen molar-refractivity contribution in [3.63, 3.8) is 0 Å². The molecule has 0 spiro atoms. The lowest BCUT2D eigenvalue weighted by molar-refractivity contribution is -0.384. The molecule has 0 fully saturated rings. The van der Waals surface area contributed by atoms with Crippen molar-refractivity contribution in [1.82, 2.24) is 0 Å². The van der Waals surface area contributed by atoms with Gasteiger partial charge in [0.05, 0.1) is 11.5 Å². The van der Waals surface area contributed by atoms with Crippen molar-refractivity contribution in [1.29, 1.82) is 0 Å². The smallest absolute Gasteiger partial charge is 0.465 e. The zero-order chi connectivity index (χ0) is 28.0. The predicted molar refractivity (Wildman–Crippen MR) is 149 cm³/mol. The van der Waals surface area contributed by atoms with E-state index in [1.807, 2.05) is 0 Å². The van der Waals surface area contributed by atoms with Crippen molar-refractivity contribution < 1.29 is 28.7 Å². The average Bonchev–Trinajstić information content (AvgIpc) is 2.90. The Morgan fingerprint density at radius 2 is 1.37 bits per heavy atom. The Balaban J connectivity index is 2.50. The number of hydrogen-bond donors (Lipinski definition) is 0. The molecule has 0 radical (unpaired) electrons. The highest BCUT2D eigenvalue weighted by Gasteiger charge is 2.18. The molecule has 0 heterocycles. The number of nitro benzene ring substituents is 1. The fraction of sp³-hybridized carbons (Fsp3) is 0.733. The first-order valence-corrected chi connectivity index (χ1v) is 14.7. The number of unbranched alkanes of at least 4 members (excludes halogenated alkanes) is 7. The van der Waals surface area contributed by atoms with Crippen LogP contribution in [0.25, 0.3) is 0 Å². The van der Waals surface area contributed by atoms with Crippen LogP contribution in [0.2, 0.25) is 0 Å². The number of ether oxygens (including phenoxy) is 3. The Morgan fingerprint density at radius 1 is 0.789 bits per heavy atom. The Bertz CT molecular complexity index is 781. The van der Waals surface area contributed by atoms with Gasteiger partial charge in [0.2, 0.25) is 0 Å². The van der Waals surface area contributed by atoms with E-state index in [2.05, 4.69) is 20.8 Å². The summed E-state index contributed by atoms with van der Waals surface area (Å²) in [5, 5.41) is 10.8. The van der Waals surface area contributed by atoms with E-state index in [0.717, 1.165) is 51.4 Å². The van der Waals surface area contributed by atoms with Crippen LogP contribution in [0, 0.1) is 16.0 Å². The molecule has 216 valence electrons. The monoisotopic (exact) mass is 535 g/mol. The third-order valence-corrected chi connectivity index (χ3v) is 6.71. The van der Waals surface area contributed by atoms with Crippen molar-refractivity contribution in [3.05, 3.63) is 34.4 Å². The van der Waals surface area contributed by atoms with Crippen molar-refractivity contribution >= 4 is 17.8 Å². The number of non-ortho nitro benzene ring substituents is 1. The van der Waals surface area contributed by atoms with Gasteiger partial charge in [0.25, 0.3) is 5.69 Å². The van der Waals surface area contributed by atoms with Crippen LogP contribution in [0.4, 0.5) is 10.5 Å². The van der Waals surface area contributed by atoms with Gasteiger partial charge in [-0.15, -0.1) is 0 Å². The molecule has 2 unspecified atom stereocenters. The average molecular weight is 536 g/mol. The molecule has 2 atom stereocenters. The minimum absolute atomic E-state index is 0.0837. The van der Waals surface area contributed by atoms with E-state index in [-0.39, 0.29) is 23.5 Å². The highest BCUT2D eigenvalue weighted by atomic mass is 16.7. The van der Waals surface area contributed by atoms with Crippen LogP contribution in [0.15, 0.2) is 24.3 Å². The molecular weight excluding hydrogens is 486 g/mol. The Kier molecular flexibility index (Phi) is 18.7. The second kappa shape index (κ2) is 21.3. The van der Waals surface area contributed by atoms with E-state index in [9.17, 15) is 19.7 Å². The first kappa shape index (κ1) is 33.4. The normalized spacial score (nSPS) is 12.5. The van der Waals surface area contributed by atoms with Crippen molar-refractivity contribution in [2.24, 2.45) is 5.92 Å². The summed E-state index contributed by atoms with van der Waals surface area (Å²) in [5.41, 5.74) is -0.0837. The molecule has 0 saturated carbocycles. The number of esters is 1. The zero-order valence-corrected chi connectivity index (χ0v) is 23.8. The predicted octanol–water partition coefficient (Wildman–Crippen LogP) is 8.94. The maximum Gasteiger partial charge on any atom is 0.514 e. The molecule has 0 aliphatic heterocycles. The van der Waals surface area contributed by atoms with Crippen molar-refractivity contribution in [3.8, 4) is 5.75 Å². The fourth-order valence-electron chi connectivity index (χ4n) is 4.37. The first-order chi connectivity index (χ1) is 18.4. The van der Waals surface area contributed by atoms with Crippen molar-refractivity contribution in [2.45, 2.75) is 130 Å². The lowest BCUT2D eigenvalue weighted by Gasteiger charge is -2.18. The second-order valence-electron chi connectivity index (χ2n) is 10.1. The van der Waals surface area contributed by atoms with E-state index in [1.165, 1.54) is 49.9 Å². The lowest BCUT2D eigenvalue weighted by atomic mass is 9.96. The van der Waals surface area contributed by atoms with Crippen LogP contribution in [0.5, 0.6) is 5.75 Å². The van der Waals surface area contributed by atoms with Gasteiger partial charge in [-0.1, -0.05) is 78.6 Å². The largest absolute Gasteiger partial charge is 0.514 e. The molecule has 0 aliphatic carbocycles. The highest BCUT2D eigenvalue weighted by Crippen LogP contribution is 2.21. The quantitative estimate of drug-likeness (QED) is 0.0479. The summed E-state index contributed by atoms with van der Waals surface area (Å²) in [5.74, 6) is 0.416. The maximum absolute atomic E-state index is 12.4. The molecule has 0 aromatic heterocycles. The minimum Gasteiger partial charge on any atom is -0.465 e. The van der Waals surface area contributed by atoms with Crippen molar-refractivity contribution in [2.75, 3.05) is 6.61 Å². The third-order valence-electron chi connectivity index (χ3n) is 6.71. The Morgan fingerprint density at radius 3 is 1.97 bits per heavy atom. The zero-order valence-electron chi connectivity index (χ0n) is 23.8. The number of carbonyl (C=O) groups is 2. The van der Waals surface area contributed by atoms with Gasteiger partial charge in [-0.3, -0.25) is 14.9 Å². The molecule has 8 nitrogen and oxygen atoms in total. The van der Waals surface area contributed by atoms with Crippen LogP contribution < -0.4 is 4.74 Å². The Hall–Kier alpha value is -2.64. The summed E-state index contributed by atoms with van der Waals surface area (Å²) >= 11 is 0. The van der Waals surface area contributed by atoms with E-state index in [1.54, 1.807) is 0 Å². The molecule has 0 amide bonds. The van der Waals surface area contributed by atoms with E-state index >= 15 is 0 Å². The van der Waals surface area contributed by atoms with Crippen LogP contribution in [0.3, 0.4) is 0 Å². The second-order valence-corrected chi connectivity index (χ2v) is 10.1. The summed E-state index contributed by atoms with van der Waals surface area (Å²) in [6, 6.07) is 5.27. The van der Waals surface area contributed by atoms with Gasteiger partial charge in [-0.25, -0.2) is 4.79 Å². The Labute approximate surface area is 229 Å². The van der Waals surface area contributed by atoms with E-state index in [4.69, 9.17) is 14.2 Å². The molecular formula is C30H49NO7. The standard InChI is InChI=1S/C30H49NO7/c1-4-7-10-12-16-25(15-9-6-3)24-36-29(32)19-14-18-27(17-13-11-8-5-2)37-30(33)38-28-22-20-26(21-23-28)31(34)35/h20-23,25,27H,4-19,24H2,1-3H3. The molecule has 1 aromatic carbocycles. The van der Waals surface area contributed by atoms with Crippen LogP contribution >= 0.6 is 0 Å². The van der Waals surface area contributed by atoms with Gasteiger partial charge >= 0.3 is 12.1 Å². The first-order valence-electron chi connectivity index (χ1n) is 14.7. The summed E-state index contributed by atoms with van der Waals surface area (Å²) in [6.07, 6.45) is 14.5. The fourth-order valence-corrected chi connectivity index (χ4v) is 4.37. The third kappa shape index (κ3) is 16.3. The van der Waals surface area contributed by atoms with Crippen LogP contribution in [0.1, 0.15) is 124 Å². The minimum atomic E-state index is -0.844. The molecule has 0 saturated heterocycles. The molecule has 38 heavy (non-hydrogen) atoms. The number of carbonyl (C=O) groups excluding carboxylic acids is 2. The SMILES string of the molecule is CCCCCCC(CCCC)COC(=O)CCCC(CCCCCC)OC(=O)Oc1ccc([N+](=O)[O-])cc1. The number of nitro groups is 1. The molecule has 0 bridgehead atoms. The molecule has 8 heteroatoms. The van der Waals surface area contributed by atoms with Crippen LogP contribution in [-0.4, -0.2) is 29.8 Å². The summed E-state index contributed by atoms with van der Waals surface area (Å²) in [4.78, 5) is 35.0. The molecule has 1 aromatic rings. The van der Waals surface area contributed by atoms with E-state index < -0.39 is 11.1 Å². The topological polar surface area (TPSA) is 105 Å². The number of rotatable bonds is 22. The molecule has 0 aliphatic rings. The summed E-state index contributed by atoms with van der Waals surface area (Å²) < 4.78 is 16.4. The van der Waals surface area contributed by atoms with Gasteiger partial charge in [0.1, 0.15) is 11.9 Å². The lowest BCUT2D eigenvalue weighted by Crippen LogP contribution is -2.22. The van der Waals surface area contributed by atoms with E-state index in [0.29, 0.717) is 38.2 Å². The summed E-state index contributed by atoms with van der Waals surface area (Å²) in [7, 11) is 0. The van der Waals surface area contributed by atoms with Crippen LogP contribution in [-0.2, 0) is 14.3 Å². The number of nitrogens with zero attached hydrogens (tertiary/aromatic N) is 1. The number of benzene rings is 1. The van der Waals surface area contributed by atoms with Gasteiger partial charge in [0, 0.05) is 18.6 Å². The highest BCUT2D eigenvalue weighted by molar-refractivity contribution is 5.69. The van der Waals surface area contributed by atoms with Gasteiger partial charge < -0.3 is 14.2 Å². The van der Waals surface area contributed by atoms with Gasteiger partial charge in [-0.2, -0.15) is 0 Å². The maximum atomic E-state index is 12.4. The summed E-state index contributed by atoms with van der Waals surface area (Å²) in [6.45, 7) is 7.02.